The van der Waals surface area contributed by atoms with Crippen molar-refractivity contribution in [3.63, 3.8) is 0 Å². The van der Waals surface area contributed by atoms with E-state index in [-0.39, 0.29) is 11.6 Å². The third-order valence-electron chi connectivity index (χ3n) is 4.66. The molecule has 0 radical (unpaired) electrons. The highest BCUT2D eigenvalue weighted by molar-refractivity contribution is 6.74. The van der Waals surface area contributed by atoms with Gasteiger partial charge in [0.05, 0.1) is 19.2 Å². The predicted molar refractivity (Wildman–Crippen MR) is 77.3 cm³/mol. The minimum atomic E-state index is -4.87. The molecule has 0 aromatic heterocycles. The van der Waals surface area contributed by atoms with E-state index in [0.717, 1.165) is 0 Å². The van der Waals surface area contributed by atoms with Gasteiger partial charge in [-0.25, -0.2) is 4.79 Å². The lowest BCUT2D eigenvalue weighted by Crippen LogP contribution is -2.47. The molecule has 1 saturated heterocycles. The van der Waals surface area contributed by atoms with E-state index in [1.54, 1.807) is 0 Å². The molecule has 0 spiro atoms. The molecule has 2 N–H and O–H groups in total. The fraction of sp³-hybridized carbons (Fsp3) is 0.923. The Labute approximate surface area is 129 Å². The Hall–Kier alpha value is -0.803. The molecule has 130 valence electrons. The van der Waals surface area contributed by atoms with Gasteiger partial charge in [-0.2, -0.15) is 13.2 Å². The predicted octanol–water partition coefficient (Wildman–Crippen LogP) is 3.05. The van der Waals surface area contributed by atoms with Gasteiger partial charge in [0.15, 0.2) is 13.9 Å². The zero-order chi connectivity index (χ0) is 17.6. The van der Waals surface area contributed by atoms with Crippen LogP contribution in [0.2, 0.25) is 18.1 Å². The number of halogens is 3. The summed E-state index contributed by atoms with van der Waals surface area (Å²) in [5, 5.41) is 18.7. The van der Waals surface area contributed by atoms with Crippen LogP contribution in [0, 0.1) is 0 Å². The van der Waals surface area contributed by atoms with Gasteiger partial charge in [-0.3, -0.25) is 4.90 Å². The van der Waals surface area contributed by atoms with Crippen molar-refractivity contribution in [1.29, 1.82) is 0 Å². The van der Waals surface area contributed by atoms with Gasteiger partial charge in [0.2, 0.25) is 0 Å². The van der Waals surface area contributed by atoms with E-state index in [9.17, 15) is 23.1 Å². The first-order valence-electron chi connectivity index (χ1n) is 7.03. The second kappa shape index (κ2) is 5.68. The highest BCUT2D eigenvalue weighted by atomic mass is 28.4. The number of carboxylic acid groups (broad SMARTS) is 1. The summed E-state index contributed by atoms with van der Waals surface area (Å²) in [6.07, 6.45) is -7.05. The standard InChI is InChI=1S/C13H24F3NO4Si/c1-11(2,3)22(4,5)21-7-9-6-12(20,13(14,15)16)8-17(9)10(18)19/h9,20H,6-8H2,1-5H3,(H,18,19). The van der Waals surface area contributed by atoms with Crippen molar-refractivity contribution >= 4 is 14.4 Å². The van der Waals surface area contributed by atoms with Crippen LogP contribution in [-0.4, -0.2) is 60.5 Å². The summed E-state index contributed by atoms with van der Waals surface area (Å²) in [6.45, 7) is 8.70. The molecule has 1 aliphatic rings. The largest absolute Gasteiger partial charge is 0.465 e. The molecule has 9 heteroatoms. The van der Waals surface area contributed by atoms with Crippen LogP contribution in [0.15, 0.2) is 0 Å². The number of alkyl halides is 3. The van der Waals surface area contributed by atoms with Crippen LogP contribution in [0.3, 0.4) is 0 Å². The molecule has 0 aliphatic carbocycles. The lowest BCUT2D eigenvalue weighted by Gasteiger charge is -2.37. The number of amides is 1. The molecule has 5 nitrogen and oxygen atoms in total. The van der Waals surface area contributed by atoms with E-state index in [1.165, 1.54) is 0 Å². The Morgan fingerprint density at radius 1 is 1.36 bits per heavy atom. The van der Waals surface area contributed by atoms with Crippen LogP contribution >= 0.6 is 0 Å². The molecule has 1 heterocycles. The molecule has 2 unspecified atom stereocenters. The van der Waals surface area contributed by atoms with E-state index in [2.05, 4.69) is 0 Å². The van der Waals surface area contributed by atoms with Crippen LogP contribution < -0.4 is 0 Å². The number of nitrogens with zero attached hydrogens (tertiary/aromatic N) is 1. The van der Waals surface area contributed by atoms with Gasteiger partial charge in [0.1, 0.15) is 0 Å². The average molecular weight is 343 g/mol. The lowest BCUT2D eigenvalue weighted by molar-refractivity contribution is -0.253. The Morgan fingerprint density at radius 2 is 1.86 bits per heavy atom. The van der Waals surface area contributed by atoms with Gasteiger partial charge in [-0.1, -0.05) is 20.8 Å². The van der Waals surface area contributed by atoms with E-state index in [4.69, 9.17) is 9.53 Å². The monoisotopic (exact) mass is 343 g/mol. The summed E-state index contributed by atoms with van der Waals surface area (Å²) in [6, 6.07) is -1.00. The minimum Gasteiger partial charge on any atom is -0.465 e. The van der Waals surface area contributed by atoms with Crippen molar-refractivity contribution < 1.29 is 32.6 Å². The summed E-state index contributed by atoms with van der Waals surface area (Å²) in [7, 11) is -2.21. The third kappa shape index (κ3) is 3.75. The highest BCUT2D eigenvalue weighted by Crippen LogP contribution is 2.42. The number of carbonyl (C=O) groups is 1. The van der Waals surface area contributed by atoms with Crippen molar-refractivity contribution in [3.8, 4) is 0 Å². The minimum absolute atomic E-state index is 0.138. The molecule has 1 amide bonds. The normalized spacial score (nSPS) is 27.3. The second-order valence-corrected chi connectivity index (χ2v) is 12.2. The first-order chi connectivity index (χ1) is 9.61. The quantitative estimate of drug-likeness (QED) is 0.773. The van der Waals surface area contributed by atoms with Gasteiger partial charge >= 0.3 is 12.3 Å². The number of likely N-dealkylation sites (tertiary alicyclic amines) is 1. The third-order valence-corrected chi connectivity index (χ3v) is 9.16. The number of rotatable bonds is 3. The summed E-state index contributed by atoms with van der Waals surface area (Å²) in [4.78, 5) is 11.8. The van der Waals surface area contributed by atoms with Crippen LogP contribution in [0.5, 0.6) is 0 Å². The van der Waals surface area contributed by atoms with Crippen LogP contribution in [0.25, 0.3) is 0 Å². The van der Waals surface area contributed by atoms with Gasteiger partial charge in [-0.15, -0.1) is 0 Å². The van der Waals surface area contributed by atoms with Crippen molar-refractivity contribution in [1.82, 2.24) is 4.90 Å². The van der Waals surface area contributed by atoms with Crippen LogP contribution in [0.4, 0.5) is 18.0 Å². The average Bonchev–Trinajstić information content (AvgIpc) is 2.63. The Kier molecular flexibility index (Phi) is 4.97. The van der Waals surface area contributed by atoms with Crippen molar-refractivity contribution in [2.45, 2.75) is 63.1 Å². The molecule has 22 heavy (non-hydrogen) atoms. The van der Waals surface area contributed by atoms with Crippen molar-refractivity contribution in [3.05, 3.63) is 0 Å². The molecular formula is C13H24F3NO4Si. The summed E-state index contributed by atoms with van der Waals surface area (Å²) in [5.74, 6) is 0. The van der Waals surface area contributed by atoms with Gasteiger partial charge in [0.25, 0.3) is 0 Å². The number of hydrogen-bond donors (Lipinski definition) is 2. The van der Waals surface area contributed by atoms with E-state index in [1.807, 2.05) is 33.9 Å². The molecule has 1 fully saturated rings. The number of hydrogen-bond acceptors (Lipinski definition) is 3. The molecule has 0 bridgehead atoms. The summed E-state index contributed by atoms with van der Waals surface area (Å²) in [5.41, 5.74) is -3.01. The second-order valence-electron chi connectivity index (χ2n) is 7.37. The zero-order valence-corrected chi connectivity index (χ0v) is 14.5. The van der Waals surface area contributed by atoms with Crippen molar-refractivity contribution in [2.75, 3.05) is 13.2 Å². The Bertz CT molecular complexity index is 436. The van der Waals surface area contributed by atoms with E-state index >= 15 is 0 Å². The maximum atomic E-state index is 12.9. The van der Waals surface area contributed by atoms with Gasteiger partial charge < -0.3 is 14.6 Å². The molecule has 0 saturated carbocycles. The molecular weight excluding hydrogens is 319 g/mol. The first kappa shape index (κ1) is 19.2. The SMILES string of the molecule is CC(C)(C)[Si](C)(C)OCC1CC(O)(C(F)(F)F)CN1C(=O)O. The fourth-order valence-electron chi connectivity index (χ4n) is 2.07. The zero-order valence-electron chi connectivity index (χ0n) is 13.5. The van der Waals surface area contributed by atoms with E-state index < -0.39 is 45.2 Å². The Balaban J connectivity index is 2.87. The van der Waals surface area contributed by atoms with Crippen molar-refractivity contribution in [2.24, 2.45) is 0 Å². The molecule has 2 atom stereocenters. The van der Waals surface area contributed by atoms with E-state index in [0.29, 0.717) is 4.90 Å². The number of aliphatic hydroxyl groups is 1. The maximum absolute atomic E-state index is 12.9. The first-order valence-corrected chi connectivity index (χ1v) is 9.94. The summed E-state index contributed by atoms with van der Waals surface area (Å²) >= 11 is 0. The van der Waals surface area contributed by atoms with Gasteiger partial charge in [0, 0.05) is 6.42 Å². The maximum Gasteiger partial charge on any atom is 0.419 e. The fourth-order valence-corrected chi connectivity index (χ4v) is 3.12. The van der Waals surface area contributed by atoms with Crippen LogP contribution in [0.1, 0.15) is 27.2 Å². The molecule has 0 aromatic carbocycles. The molecule has 0 aromatic rings. The summed E-state index contributed by atoms with van der Waals surface area (Å²) < 4.78 is 44.6. The molecule has 1 rings (SSSR count). The molecule has 1 aliphatic heterocycles. The highest BCUT2D eigenvalue weighted by Gasteiger charge is 2.61. The topological polar surface area (TPSA) is 70.0 Å². The smallest absolute Gasteiger partial charge is 0.419 e. The van der Waals surface area contributed by atoms with Crippen LogP contribution in [-0.2, 0) is 4.43 Å². The Morgan fingerprint density at radius 3 is 2.23 bits per heavy atom. The lowest BCUT2D eigenvalue weighted by atomic mass is 10.0. The van der Waals surface area contributed by atoms with Gasteiger partial charge in [-0.05, 0) is 18.1 Å². The number of β-amino-alcohol motifs (C(OH)–C–C–N with tert-alkyl or cyclic N) is 1.